The monoisotopic (exact) mass is 188 g/mol. The van der Waals surface area contributed by atoms with E-state index in [0.717, 1.165) is 19.3 Å². The third-order valence-corrected chi connectivity index (χ3v) is 4.59. The van der Waals surface area contributed by atoms with Gasteiger partial charge in [-0.3, -0.25) is 4.79 Å². The molecular weight excluding hydrogens is 176 g/mol. The standard InChI is InChI=1S/C8H12O3S/c1-12(10,11)8-6-3-2-5(4-6)7(8)9/h5-6,8H,2-4H2,1H3. The maximum Gasteiger partial charge on any atom is 0.157 e. The Balaban J connectivity index is 2.35. The molecule has 0 N–H and O–H groups in total. The van der Waals surface area contributed by atoms with Crippen LogP contribution in [0.25, 0.3) is 0 Å². The van der Waals surface area contributed by atoms with Crippen LogP contribution in [0.4, 0.5) is 0 Å². The SMILES string of the molecule is CS(=O)(=O)C1C(=O)C2CCC1C2. The van der Waals surface area contributed by atoms with Gasteiger partial charge in [-0.05, 0) is 25.2 Å². The summed E-state index contributed by atoms with van der Waals surface area (Å²) < 4.78 is 22.4. The van der Waals surface area contributed by atoms with Crippen LogP contribution in [-0.2, 0) is 14.6 Å². The topological polar surface area (TPSA) is 51.2 Å². The normalized spacial score (nSPS) is 40.8. The van der Waals surface area contributed by atoms with Gasteiger partial charge in [-0.1, -0.05) is 0 Å². The van der Waals surface area contributed by atoms with Crippen molar-refractivity contribution < 1.29 is 13.2 Å². The summed E-state index contributed by atoms with van der Waals surface area (Å²) in [6.07, 6.45) is 3.83. The molecule has 2 aliphatic rings. The van der Waals surface area contributed by atoms with E-state index in [2.05, 4.69) is 0 Å². The Morgan fingerprint density at radius 2 is 2.00 bits per heavy atom. The third kappa shape index (κ3) is 1.01. The summed E-state index contributed by atoms with van der Waals surface area (Å²) in [6, 6.07) is 0. The molecule has 0 saturated heterocycles. The van der Waals surface area contributed by atoms with Gasteiger partial charge in [0.25, 0.3) is 0 Å². The van der Waals surface area contributed by atoms with Crippen molar-refractivity contribution in [1.82, 2.24) is 0 Å². The molecule has 0 heterocycles. The molecule has 68 valence electrons. The Hall–Kier alpha value is -0.380. The van der Waals surface area contributed by atoms with Crippen LogP contribution in [0.2, 0.25) is 0 Å². The number of hydrogen-bond acceptors (Lipinski definition) is 3. The zero-order valence-corrected chi connectivity index (χ0v) is 7.80. The van der Waals surface area contributed by atoms with Crippen molar-refractivity contribution in [2.45, 2.75) is 24.5 Å². The molecule has 2 aliphatic carbocycles. The molecular formula is C8H12O3S. The van der Waals surface area contributed by atoms with Gasteiger partial charge in [0.15, 0.2) is 15.6 Å². The highest BCUT2D eigenvalue weighted by atomic mass is 32.2. The number of fused-ring (bicyclic) bond motifs is 2. The number of carbonyl (C=O) groups is 1. The summed E-state index contributed by atoms with van der Waals surface area (Å²) in [5.74, 6) is 0.181. The van der Waals surface area contributed by atoms with E-state index in [1.165, 1.54) is 6.26 Å². The number of sulfone groups is 1. The number of Topliss-reactive ketones (excluding diaryl/α,β-unsaturated/α-hetero) is 1. The van der Waals surface area contributed by atoms with Gasteiger partial charge < -0.3 is 0 Å². The first-order chi connectivity index (χ1) is 5.50. The number of rotatable bonds is 1. The summed E-state index contributed by atoms with van der Waals surface area (Å²) in [4.78, 5) is 11.4. The molecule has 3 atom stereocenters. The quantitative estimate of drug-likeness (QED) is 0.598. The van der Waals surface area contributed by atoms with Crippen LogP contribution in [0.1, 0.15) is 19.3 Å². The number of ketones is 1. The van der Waals surface area contributed by atoms with Crippen molar-refractivity contribution in [3.63, 3.8) is 0 Å². The van der Waals surface area contributed by atoms with Crippen molar-refractivity contribution in [1.29, 1.82) is 0 Å². The average molecular weight is 188 g/mol. The first-order valence-corrected chi connectivity index (χ1v) is 6.18. The molecule has 0 spiro atoms. The van der Waals surface area contributed by atoms with Crippen molar-refractivity contribution in [2.24, 2.45) is 11.8 Å². The average Bonchev–Trinajstić information content (AvgIpc) is 2.42. The molecule has 12 heavy (non-hydrogen) atoms. The third-order valence-electron chi connectivity index (χ3n) is 3.05. The lowest BCUT2D eigenvalue weighted by Crippen LogP contribution is -2.34. The van der Waals surface area contributed by atoms with Crippen molar-refractivity contribution in [3.05, 3.63) is 0 Å². The van der Waals surface area contributed by atoms with Gasteiger partial charge in [0, 0.05) is 12.2 Å². The molecule has 4 heteroatoms. The van der Waals surface area contributed by atoms with Crippen LogP contribution in [0.3, 0.4) is 0 Å². The molecule has 0 amide bonds. The van der Waals surface area contributed by atoms with Gasteiger partial charge in [0.2, 0.25) is 0 Å². The van der Waals surface area contributed by atoms with E-state index < -0.39 is 15.1 Å². The summed E-state index contributed by atoms with van der Waals surface area (Å²) in [5.41, 5.74) is 0. The van der Waals surface area contributed by atoms with Crippen LogP contribution in [-0.4, -0.2) is 25.7 Å². The van der Waals surface area contributed by atoms with Gasteiger partial charge in [-0.2, -0.15) is 0 Å². The van der Waals surface area contributed by atoms with E-state index in [9.17, 15) is 13.2 Å². The summed E-state index contributed by atoms with van der Waals surface area (Å²) in [6.45, 7) is 0. The highest BCUT2D eigenvalue weighted by Gasteiger charge is 2.51. The van der Waals surface area contributed by atoms with Crippen LogP contribution in [0.5, 0.6) is 0 Å². The van der Waals surface area contributed by atoms with Gasteiger partial charge in [0.1, 0.15) is 5.25 Å². The maximum atomic E-state index is 11.4. The van der Waals surface area contributed by atoms with Crippen molar-refractivity contribution >= 4 is 15.6 Å². The molecule has 0 aromatic rings. The first-order valence-electron chi connectivity index (χ1n) is 4.23. The van der Waals surface area contributed by atoms with Crippen LogP contribution in [0, 0.1) is 11.8 Å². The molecule has 3 nitrogen and oxygen atoms in total. The Labute approximate surface area is 72.1 Å². The molecule has 2 bridgehead atoms. The van der Waals surface area contributed by atoms with Crippen LogP contribution in [0.15, 0.2) is 0 Å². The molecule has 0 aromatic carbocycles. The van der Waals surface area contributed by atoms with Gasteiger partial charge >= 0.3 is 0 Å². The number of carbonyl (C=O) groups excluding carboxylic acids is 1. The Bertz CT molecular complexity index is 317. The van der Waals surface area contributed by atoms with Crippen LogP contribution >= 0.6 is 0 Å². The minimum absolute atomic E-state index is 0.0197. The fraction of sp³-hybridized carbons (Fsp3) is 0.875. The van der Waals surface area contributed by atoms with Crippen molar-refractivity contribution in [3.8, 4) is 0 Å². The van der Waals surface area contributed by atoms with E-state index in [-0.39, 0.29) is 17.6 Å². The minimum atomic E-state index is -3.13. The van der Waals surface area contributed by atoms with Gasteiger partial charge in [-0.15, -0.1) is 0 Å². The lowest BCUT2D eigenvalue weighted by molar-refractivity contribution is -0.121. The zero-order valence-electron chi connectivity index (χ0n) is 6.99. The summed E-state index contributed by atoms with van der Waals surface area (Å²) in [5, 5.41) is -0.656. The Kier molecular flexibility index (Phi) is 1.59. The van der Waals surface area contributed by atoms with E-state index in [1.54, 1.807) is 0 Å². The first kappa shape index (κ1) is 8.23. The van der Waals surface area contributed by atoms with E-state index in [4.69, 9.17) is 0 Å². The summed E-state index contributed by atoms with van der Waals surface area (Å²) in [7, 11) is -3.13. The summed E-state index contributed by atoms with van der Waals surface area (Å²) >= 11 is 0. The van der Waals surface area contributed by atoms with Crippen LogP contribution < -0.4 is 0 Å². The molecule has 0 aliphatic heterocycles. The lowest BCUT2D eigenvalue weighted by atomic mass is 9.99. The second-order valence-electron chi connectivity index (χ2n) is 3.92. The molecule has 0 aromatic heterocycles. The highest BCUT2D eigenvalue weighted by molar-refractivity contribution is 7.92. The predicted molar refractivity (Wildman–Crippen MR) is 44.5 cm³/mol. The largest absolute Gasteiger partial charge is 0.298 e. The van der Waals surface area contributed by atoms with Gasteiger partial charge in [-0.25, -0.2) is 8.42 Å². The second kappa shape index (κ2) is 2.31. The molecule has 2 fully saturated rings. The van der Waals surface area contributed by atoms with E-state index in [1.807, 2.05) is 0 Å². The number of hydrogen-bond donors (Lipinski definition) is 0. The van der Waals surface area contributed by atoms with Gasteiger partial charge in [0.05, 0.1) is 0 Å². The molecule has 2 saturated carbocycles. The lowest BCUT2D eigenvalue weighted by Gasteiger charge is -2.17. The molecule has 0 radical (unpaired) electrons. The smallest absolute Gasteiger partial charge is 0.157 e. The predicted octanol–water partition coefficient (Wildman–Crippen LogP) is 0.399. The Morgan fingerprint density at radius 3 is 2.33 bits per heavy atom. The highest BCUT2D eigenvalue weighted by Crippen LogP contribution is 2.44. The Morgan fingerprint density at radius 1 is 1.33 bits per heavy atom. The van der Waals surface area contributed by atoms with E-state index >= 15 is 0 Å². The van der Waals surface area contributed by atoms with E-state index in [0.29, 0.717) is 0 Å². The molecule has 2 rings (SSSR count). The fourth-order valence-corrected chi connectivity index (χ4v) is 4.14. The van der Waals surface area contributed by atoms with Crippen molar-refractivity contribution in [2.75, 3.05) is 6.26 Å². The second-order valence-corrected chi connectivity index (χ2v) is 6.09. The maximum absolute atomic E-state index is 11.4. The fourth-order valence-electron chi connectivity index (χ4n) is 2.57. The molecule has 3 unspecified atom stereocenters. The zero-order chi connectivity index (χ0) is 8.93. The minimum Gasteiger partial charge on any atom is -0.298 e.